The van der Waals surface area contributed by atoms with Crippen LogP contribution in [0, 0.1) is 0 Å². The van der Waals surface area contributed by atoms with Crippen molar-refractivity contribution in [2.45, 2.75) is 6.10 Å². The van der Waals surface area contributed by atoms with E-state index in [0.717, 1.165) is 20.8 Å². The summed E-state index contributed by atoms with van der Waals surface area (Å²) in [6, 6.07) is 13.8. The highest BCUT2D eigenvalue weighted by atomic mass is 79.9. The van der Waals surface area contributed by atoms with Gasteiger partial charge in [-0.05, 0) is 38.3 Å². The van der Waals surface area contributed by atoms with Crippen LogP contribution < -0.4 is 5.43 Å². The molecule has 0 fully saturated rings. The van der Waals surface area contributed by atoms with E-state index in [0.29, 0.717) is 5.69 Å². The molecule has 0 bridgehead atoms. The second-order valence-corrected chi connectivity index (χ2v) is 6.35. The molecule has 6 nitrogen and oxygen atoms in total. The van der Waals surface area contributed by atoms with Crippen molar-refractivity contribution in [3.8, 4) is 0 Å². The van der Waals surface area contributed by atoms with Crippen molar-refractivity contribution < 1.29 is 9.53 Å². The van der Waals surface area contributed by atoms with Crippen LogP contribution in [0.2, 0.25) is 0 Å². The number of ether oxygens (including phenoxy) is 1. The molecule has 0 aliphatic carbocycles. The zero-order valence-electron chi connectivity index (χ0n) is 13.8. The average Bonchev–Trinajstić information content (AvgIpc) is 2.93. The third-order valence-electron chi connectivity index (χ3n) is 3.72. The zero-order chi connectivity index (χ0) is 17.8. The molecule has 0 saturated carbocycles. The minimum Gasteiger partial charge on any atom is -0.367 e. The molecule has 1 amide bonds. The number of aryl methyl sites for hydroxylation is 1. The summed E-state index contributed by atoms with van der Waals surface area (Å²) in [5.41, 5.74) is 3.90. The Hall–Kier alpha value is -2.51. The molecule has 0 saturated heterocycles. The molecule has 1 heterocycles. The quantitative estimate of drug-likeness (QED) is 0.528. The summed E-state index contributed by atoms with van der Waals surface area (Å²) in [4.78, 5) is 12.4. The van der Waals surface area contributed by atoms with Crippen molar-refractivity contribution in [3.05, 3.63) is 64.4 Å². The first-order chi connectivity index (χ1) is 12.1. The van der Waals surface area contributed by atoms with Crippen molar-refractivity contribution in [2.75, 3.05) is 7.11 Å². The summed E-state index contributed by atoms with van der Waals surface area (Å²) in [5.74, 6) is -0.346. The van der Waals surface area contributed by atoms with Gasteiger partial charge in [0.25, 0.3) is 5.91 Å². The largest absolute Gasteiger partial charge is 0.367 e. The van der Waals surface area contributed by atoms with Gasteiger partial charge in [-0.3, -0.25) is 9.48 Å². The van der Waals surface area contributed by atoms with E-state index in [1.807, 2.05) is 42.5 Å². The Morgan fingerprint density at radius 1 is 1.32 bits per heavy atom. The van der Waals surface area contributed by atoms with E-state index in [1.54, 1.807) is 17.9 Å². The summed E-state index contributed by atoms with van der Waals surface area (Å²) < 4.78 is 7.81. The summed E-state index contributed by atoms with van der Waals surface area (Å²) in [6.45, 7) is 0. The summed E-state index contributed by atoms with van der Waals surface area (Å²) in [5, 5.41) is 10.3. The fourth-order valence-corrected chi connectivity index (χ4v) is 3.02. The first-order valence-corrected chi connectivity index (χ1v) is 8.41. The van der Waals surface area contributed by atoms with E-state index in [1.165, 1.54) is 13.3 Å². The number of hydrazone groups is 1. The third kappa shape index (κ3) is 3.94. The van der Waals surface area contributed by atoms with Gasteiger partial charge in [0, 0.05) is 20.4 Å². The monoisotopic (exact) mass is 400 g/mol. The minimum absolute atomic E-state index is 0.346. The van der Waals surface area contributed by atoms with Gasteiger partial charge < -0.3 is 4.74 Å². The van der Waals surface area contributed by atoms with Gasteiger partial charge >= 0.3 is 0 Å². The van der Waals surface area contributed by atoms with Gasteiger partial charge in [0.1, 0.15) is 5.69 Å². The number of rotatable bonds is 5. The lowest BCUT2D eigenvalue weighted by Crippen LogP contribution is -2.26. The molecule has 25 heavy (non-hydrogen) atoms. The Morgan fingerprint density at radius 2 is 2.08 bits per heavy atom. The van der Waals surface area contributed by atoms with E-state index in [4.69, 9.17) is 4.74 Å². The van der Waals surface area contributed by atoms with Gasteiger partial charge in [-0.2, -0.15) is 10.2 Å². The molecule has 3 rings (SSSR count). The molecule has 0 aliphatic heterocycles. The molecule has 0 radical (unpaired) electrons. The van der Waals surface area contributed by atoms with Crippen molar-refractivity contribution in [2.24, 2.45) is 12.1 Å². The summed E-state index contributed by atoms with van der Waals surface area (Å²) >= 11 is 3.37. The van der Waals surface area contributed by atoms with Crippen LogP contribution in [-0.4, -0.2) is 29.0 Å². The molecule has 2 aromatic carbocycles. The fourth-order valence-electron chi connectivity index (χ4n) is 2.55. The van der Waals surface area contributed by atoms with E-state index < -0.39 is 6.10 Å². The SMILES string of the molecule is COC(C(=O)NN=Cc1nn(C)cc1Br)c1ccc2ccccc2c1. The molecule has 0 aliphatic rings. The number of nitrogens with one attached hydrogen (secondary N) is 1. The highest BCUT2D eigenvalue weighted by molar-refractivity contribution is 9.10. The molecular formula is C18H17BrN4O2. The third-order valence-corrected chi connectivity index (χ3v) is 4.33. The van der Waals surface area contributed by atoms with Gasteiger partial charge in [0.2, 0.25) is 0 Å². The van der Waals surface area contributed by atoms with Gasteiger partial charge in [-0.1, -0.05) is 36.4 Å². The van der Waals surface area contributed by atoms with Gasteiger partial charge in [0.05, 0.1) is 10.7 Å². The van der Waals surface area contributed by atoms with E-state index >= 15 is 0 Å². The maximum Gasteiger partial charge on any atom is 0.273 e. The number of carbonyl (C=O) groups excluding carboxylic acids is 1. The lowest BCUT2D eigenvalue weighted by molar-refractivity contribution is -0.131. The fraction of sp³-hybridized carbons (Fsp3) is 0.167. The number of aromatic nitrogens is 2. The Bertz CT molecular complexity index is 936. The minimum atomic E-state index is -0.742. The highest BCUT2D eigenvalue weighted by Crippen LogP contribution is 2.22. The molecule has 1 aromatic heterocycles. The van der Waals surface area contributed by atoms with Crippen molar-refractivity contribution in [3.63, 3.8) is 0 Å². The lowest BCUT2D eigenvalue weighted by Gasteiger charge is -2.14. The van der Waals surface area contributed by atoms with E-state index in [-0.39, 0.29) is 5.91 Å². The predicted octanol–water partition coefficient (Wildman–Crippen LogP) is 3.17. The van der Waals surface area contributed by atoms with Crippen LogP contribution >= 0.6 is 15.9 Å². The second kappa shape index (κ2) is 7.58. The molecule has 1 unspecified atom stereocenters. The first-order valence-electron chi connectivity index (χ1n) is 7.62. The van der Waals surface area contributed by atoms with E-state index in [9.17, 15) is 4.79 Å². The molecule has 0 spiro atoms. The number of hydrogen-bond donors (Lipinski definition) is 1. The van der Waals surface area contributed by atoms with Crippen LogP contribution in [0.25, 0.3) is 10.8 Å². The normalized spacial score (nSPS) is 12.6. The van der Waals surface area contributed by atoms with Crippen LogP contribution in [0.4, 0.5) is 0 Å². The maximum absolute atomic E-state index is 12.4. The maximum atomic E-state index is 12.4. The Labute approximate surface area is 153 Å². The molecule has 128 valence electrons. The van der Waals surface area contributed by atoms with Crippen molar-refractivity contribution in [1.82, 2.24) is 15.2 Å². The summed E-state index contributed by atoms with van der Waals surface area (Å²) in [7, 11) is 3.31. The number of halogens is 1. The number of hydrogen-bond acceptors (Lipinski definition) is 4. The summed E-state index contributed by atoms with van der Waals surface area (Å²) in [6.07, 6.45) is 2.54. The highest BCUT2D eigenvalue weighted by Gasteiger charge is 2.20. The molecule has 1 N–H and O–H groups in total. The van der Waals surface area contributed by atoms with Crippen LogP contribution in [0.1, 0.15) is 17.4 Å². The molecular weight excluding hydrogens is 384 g/mol. The van der Waals surface area contributed by atoms with Gasteiger partial charge in [-0.25, -0.2) is 5.43 Å². The standard InChI is InChI=1S/C18H17BrN4O2/c1-23-11-15(19)16(22-23)10-20-21-18(24)17(25-2)14-8-7-12-5-3-4-6-13(12)9-14/h3-11,17H,1-2H3,(H,21,24). The predicted molar refractivity (Wildman–Crippen MR) is 100 cm³/mol. The molecule has 7 heteroatoms. The Balaban J connectivity index is 1.75. The molecule has 3 aromatic rings. The number of amides is 1. The molecule has 1 atom stereocenters. The first kappa shape index (κ1) is 17.3. The van der Waals surface area contributed by atoms with Gasteiger partial charge in [0.15, 0.2) is 6.10 Å². The van der Waals surface area contributed by atoms with Crippen molar-refractivity contribution >= 4 is 38.8 Å². The van der Waals surface area contributed by atoms with Crippen LogP contribution in [0.5, 0.6) is 0 Å². The van der Waals surface area contributed by atoms with Crippen LogP contribution in [-0.2, 0) is 16.6 Å². The number of nitrogens with zero attached hydrogens (tertiary/aromatic N) is 3. The van der Waals surface area contributed by atoms with Crippen LogP contribution in [0.3, 0.4) is 0 Å². The lowest BCUT2D eigenvalue weighted by atomic mass is 10.0. The Kier molecular flexibility index (Phi) is 5.25. The topological polar surface area (TPSA) is 68.5 Å². The number of carbonyl (C=O) groups is 1. The average molecular weight is 401 g/mol. The Morgan fingerprint density at radius 3 is 2.76 bits per heavy atom. The number of methoxy groups -OCH3 is 1. The van der Waals surface area contributed by atoms with E-state index in [2.05, 4.69) is 31.6 Å². The van der Waals surface area contributed by atoms with Gasteiger partial charge in [-0.15, -0.1) is 0 Å². The van der Waals surface area contributed by atoms with Crippen molar-refractivity contribution in [1.29, 1.82) is 0 Å². The van der Waals surface area contributed by atoms with Crippen LogP contribution in [0.15, 0.2) is 58.2 Å². The number of benzene rings is 2. The zero-order valence-corrected chi connectivity index (χ0v) is 15.4. The second-order valence-electron chi connectivity index (χ2n) is 5.49. The smallest absolute Gasteiger partial charge is 0.273 e. The number of fused-ring (bicyclic) bond motifs is 1.